The molecule has 0 saturated carbocycles. The minimum atomic E-state index is -0.104. The van der Waals surface area contributed by atoms with Crippen molar-refractivity contribution in [3.8, 4) is 23.0 Å². The first-order chi connectivity index (χ1) is 17.5. The third kappa shape index (κ3) is 5.38. The van der Waals surface area contributed by atoms with E-state index in [1.165, 1.54) is 4.88 Å². The molecule has 4 rings (SSSR count). The van der Waals surface area contributed by atoms with Gasteiger partial charge in [0.1, 0.15) is 10.8 Å². The smallest absolute Gasteiger partial charge is 0.258 e. The van der Waals surface area contributed by atoms with Gasteiger partial charge in [-0.2, -0.15) is 0 Å². The second kappa shape index (κ2) is 11.6. The number of benzene rings is 2. The second-order valence-electron chi connectivity index (χ2n) is 8.81. The molecule has 1 aromatic heterocycles. The molecule has 0 unspecified atom stereocenters. The number of nitrogens with one attached hydrogen (secondary N) is 2. The minimum Gasteiger partial charge on any atom is -0.494 e. The van der Waals surface area contributed by atoms with Gasteiger partial charge < -0.3 is 29.6 Å². The number of thiophene rings is 1. The molecule has 1 aliphatic rings. The van der Waals surface area contributed by atoms with Gasteiger partial charge >= 0.3 is 0 Å². The van der Waals surface area contributed by atoms with Gasteiger partial charge in [0.15, 0.2) is 11.5 Å². The maximum Gasteiger partial charge on any atom is 0.258 e. The lowest BCUT2D eigenvalue weighted by Gasteiger charge is -2.19. The van der Waals surface area contributed by atoms with Gasteiger partial charge in [-0.05, 0) is 74.1 Å². The summed E-state index contributed by atoms with van der Waals surface area (Å²) >= 11 is 1.68. The van der Waals surface area contributed by atoms with Crippen LogP contribution in [0.5, 0.6) is 23.0 Å². The Morgan fingerprint density at radius 2 is 1.78 bits per heavy atom. The predicted octanol–water partition coefficient (Wildman–Crippen LogP) is 6.16. The van der Waals surface area contributed by atoms with Gasteiger partial charge in [0.25, 0.3) is 5.91 Å². The van der Waals surface area contributed by atoms with Crippen molar-refractivity contribution in [2.75, 3.05) is 38.6 Å². The number of carbonyl (C=O) groups excluding carboxylic acids is 1. The van der Waals surface area contributed by atoms with Crippen LogP contribution < -0.4 is 29.6 Å². The summed E-state index contributed by atoms with van der Waals surface area (Å²) in [5, 5.41) is 7.47. The number of hydrogen-bond acceptors (Lipinski definition) is 7. The van der Waals surface area contributed by atoms with Crippen molar-refractivity contribution in [3.05, 3.63) is 58.0 Å². The van der Waals surface area contributed by atoms with Crippen molar-refractivity contribution in [2.24, 2.45) is 5.92 Å². The Hall–Kier alpha value is -3.39. The molecule has 2 aromatic carbocycles. The summed E-state index contributed by atoms with van der Waals surface area (Å²) in [5.41, 5.74) is 3.53. The number of rotatable bonds is 10. The number of fused-ring (bicyclic) bond motifs is 1. The lowest BCUT2D eigenvalue weighted by molar-refractivity contribution is 0.102. The van der Waals surface area contributed by atoms with Crippen LogP contribution in [0.15, 0.2) is 36.4 Å². The van der Waals surface area contributed by atoms with Gasteiger partial charge in [0, 0.05) is 22.7 Å². The Morgan fingerprint density at radius 1 is 1.03 bits per heavy atom. The summed E-state index contributed by atoms with van der Waals surface area (Å²) in [6, 6.07) is 11.3. The number of carbonyl (C=O) groups is 1. The van der Waals surface area contributed by atoms with Gasteiger partial charge in [-0.25, -0.2) is 0 Å². The highest BCUT2D eigenvalue weighted by Gasteiger charge is 2.28. The zero-order valence-electron chi connectivity index (χ0n) is 21.5. The number of ether oxygens (including phenoxy) is 4. The van der Waals surface area contributed by atoms with E-state index in [-0.39, 0.29) is 5.91 Å². The number of anilines is 2. The highest BCUT2D eigenvalue weighted by molar-refractivity contribution is 7.16. The van der Waals surface area contributed by atoms with E-state index in [1.807, 2.05) is 43.3 Å². The van der Waals surface area contributed by atoms with Crippen molar-refractivity contribution in [1.82, 2.24) is 0 Å². The number of amides is 1. The first kappa shape index (κ1) is 25.7. The number of methoxy groups -OCH3 is 3. The molecule has 36 heavy (non-hydrogen) atoms. The highest BCUT2D eigenvalue weighted by Crippen LogP contribution is 2.42. The van der Waals surface area contributed by atoms with E-state index < -0.39 is 0 Å². The maximum atomic E-state index is 13.5. The fourth-order valence-electron chi connectivity index (χ4n) is 4.59. The van der Waals surface area contributed by atoms with Crippen LogP contribution in [0.3, 0.4) is 0 Å². The van der Waals surface area contributed by atoms with E-state index in [0.717, 1.165) is 52.4 Å². The van der Waals surface area contributed by atoms with Crippen LogP contribution in [0.1, 0.15) is 46.6 Å². The molecule has 0 aliphatic heterocycles. The largest absolute Gasteiger partial charge is 0.494 e. The quantitative estimate of drug-likeness (QED) is 0.340. The van der Waals surface area contributed by atoms with Crippen molar-refractivity contribution in [3.63, 3.8) is 0 Å². The summed E-state index contributed by atoms with van der Waals surface area (Å²) in [7, 11) is 4.80. The maximum absolute atomic E-state index is 13.5. The lowest BCUT2D eigenvalue weighted by atomic mass is 9.88. The second-order valence-corrected chi connectivity index (χ2v) is 9.92. The van der Waals surface area contributed by atoms with Gasteiger partial charge in [-0.15, -0.1) is 11.3 Å². The molecule has 0 fully saturated rings. The normalized spacial score (nSPS) is 14.5. The highest BCUT2D eigenvalue weighted by atomic mass is 32.1. The monoisotopic (exact) mass is 510 g/mol. The first-order valence-corrected chi connectivity index (χ1v) is 13.0. The van der Waals surface area contributed by atoms with Crippen LogP contribution in [-0.2, 0) is 19.4 Å². The Kier molecular flexibility index (Phi) is 8.25. The molecule has 192 valence electrons. The third-order valence-electron chi connectivity index (χ3n) is 6.39. The fraction of sp³-hybridized carbons (Fsp3) is 0.393. The lowest BCUT2D eigenvalue weighted by Crippen LogP contribution is -2.18. The van der Waals surface area contributed by atoms with E-state index in [9.17, 15) is 4.79 Å². The molecule has 2 N–H and O–H groups in total. The van der Waals surface area contributed by atoms with E-state index >= 15 is 0 Å². The molecular formula is C28H34N2O5S. The standard InChI is InChI=1S/C28H34N2O5S/c1-6-35-20-11-9-19(10-12-20)30-27(31)24-21-13-7-17(2)15-23(21)36-28(24)29-16-18-8-14-22(32-3)26(34-5)25(18)33-4/h8-12,14,17,29H,6-7,13,15-16H2,1-5H3,(H,30,31)/t17-/m0/s1. The molecule has 8 heteroatoms. The molecule has 0 radical (unpaired) electrons. The molecule has 0 bridgehead atoms. The van der Waals surface area contributed by atoms with E-state index in [4.69, 9.17) is 18.9 Å². The van der Waals surface area contributed by atoms with Crippen LogP contribution in [0.25, 0.3) is 0 Å². The summed E-state index contributed by atoms with van der Waals surface area (Å²) in [4.78, 5) is 14.8. The predicted molar refractivity (Wildman–Crippen MR) is 144 cm³/mol. The van der Waals surface area contributed by atoms with E-state index in [1.54, 1.807) is 32.7 Å². The molecule has 1 atom stereocenters. The Morgan fingerprint density at radius 3 is 2.44 bits per heavy atom. The third-order valence-corrected chi connectivity index (χ3v) is 7.60. The van der Waals surface area contributed by atoms with E-state index in [0.29, 0.717) is 36.3 Å². The minimum absolute atomic E-state index is 0.104. The summed E-state index contributed by atoms with van der Waals surface area (Å²) in [6.45, 7) is 5.29. The Bertz CT molecular complexity index is 1210. The molecule has 0 spiro atoms. The average Bonchev–Trinajstić information content (AvgIpc) is 3.25. The van der Waals surface area contributed by atoms with Crippen LogP contribution in [0.2, 0.25) is 0 Å². The Labute approximate surface area is 216 Å². The molecule has 1 aliphatic carbocycles. The van der Waals surface area contributed by atoms with Crippen molar-refractivity contribution < 1.29 is 23.7 Å². The summed E-state index contributed by atoms with van der Waals surface area (Å²) < 4.78 is 22.1. The zero-order valence-corrected chi connectivity index (χ0v) is 22.3. The zero-order chi connectivity index (χ0) is 25.7. The molecule has 1 amide bonds. The van der Waals surface area contributed by atoms with Gasteiger partial charge in [0.05, 0.1) is 33.5 Å². The molecule has 7 nitrogen and oxygen atoms in total. The molecular weight excluding hydrogens is 476 g/mol. The van der Waals surface area contributed by atoms with Crippen molar-refractivity contribution >= 4 is 27.9 Å². The van der Waals surface area contributed by atoms with Gasteiger partial charge in [-0.1, -0.05) is 6.92 Å². The van der Waals surface area contributed by atoms with Gasteiger partial charge in [0.2, 0.25) is 5.75 Å². The van der Waals surface area contributed by atoms with Crippen molar-refractivity contribution in [2.45, 2.75) is 39.7 Å². The summed E-state index contributed by atoms with van der Waals surface area (Å²) in [5.74, 6) is 3.05. The molecule has 0 saturated heterocycles. The fourth-order valence-corrected chi connectivity index (χ4v) is 5.99. The van der Waals surface area contributed by atoms with Gasteiger partial charge in [-0.3, -0.25) is 4.79 Å². The Balaban J connectivity index is 1.61. The van der Waals surface area contributed by atoms with Crippen LogP contribution in [0, 0.1) is 5.92 Å². The molecule has 3 aromatic rings. The average molecular weight is 511 g/mol. The van der Waals surface area contributed by atoms with Crippen molar-refractivity contribution in [1.29, 1.82) is 0 Å². The summed E-state index contributed by atoms with van der Waals surface area (Å²) in [6.07, 6.45) is 2.97. The molecule has 1 heterocycles. The van der Waals surface area contributed by atoms with Crippen LogP contribution in [0.4, 0.5) is 10.7 Å². The van der Waals surface area contributed by atoms with Crippen LogP contribution >= 0.6 is 11.3 Å². The number of hydrogen-bond donors (Lipinski definition) is 2. The first-order valence-electron chi connectivity index (χ1n) is 12.2. The van der Waals surface area contributed by atoms with E-state index in [2.05, 4.69) is 17.6 Å². The topological polar surface area (TPSA) is 78.1 Å². The SMILES string of the molecule is CCOc1ccc(NC(=O)c2c(NCc3ccc(OC)c(OC)c3OC)sc3c2CC[C@H](C)C3)cc1. The van der Waals surface area contributed by atoms with Crippen LogP contribution in [-0.4, -0.2) is 33.8 Å².